The minimum atomic E-state index is -0.304. The van der Waals surface area contributed by atoms with Crippen LogP contribution in [-0.2, 0) is 11.2 Å². The lowest BCUT2D eigenvalue weighted by atomic mass is 10.1. The van der Waals surface area contributed by atoms with Gasteiger partial charge in [-0.15, -0.1) is 0 Å². The van der Waals surface area contributed by atoms with Gasteiger partial charge < -0.3 is 24.8 Å². The Morgan fingerprint density at radius 1 is 1.00 bits per heavy atom. The molecule has 0 unspecified atom stereocenters. The summed E-state index contributed by atoms with van der Waals surface area (Å²) in [6.45, 7) is 6.92. The number of hydrogen-bond donors (Lipinski definition) is 2. The van der Waals surface area contributed by atoms with E-state index in [0.717, 1.165) is 11.3 Å². The second-order valence-electron chi connectivity index (χ2n) is 6.15. The van der Waals surface area contributed by atoms with Crippen molar-refractivity contribution in [3.63, 3.8) is 0 Å². The van der Waals surface area contributed by atoms with Crippen molar-refractivity contribution in [2.24, 2.45) is 0 Å². The molecule has 28 heavy (non-hydrogen) atoms. The minimum absolute atomic E-state index is 0.0484. The van der Waals surface area contributed by atoms with E-state index in [9.17, 15) is 9.59 Å². The molecule has 2 N–H and O–H groups in total. The van der Waals surface area contributed by atoms with E-state index < -0.39 is 0 Å². The van der Waals surface area contributed by atoms with E-state index in [1.807, 2.05) is 20.8 Å². The summed E-state index contributed by atoms with van der Waals surface area (Å²) in [6, 6.07) is 8.62. The monoisotopic (exact) mass is 384 g/mol. The Bertz CT molecular complexity index is 867. The summed E-state index contributed by atoms with van der Waals surface area (Å²) in [5.74, 6) is 1.06. The predicted octanol–water partition coefficient (Wildman–Crippen LogP) is 3.63. The molecule has 7 heteroatoms. The van der Waals surface area contributed by atoms with Gasteiger partial charge in [-0.2, -0.15) is 0 Å². The largest absolute Gasteiger partial charge is 0.490 e. The number of nitrogens with one attached hydrogen (secondary N) is 2. The second kappa shape index (κ2) is 8.65. The van der Waals surface area contributed by atoms with Crippen LogP contribution in [0.3, 0.4) is 0 Å². The topological polar surface area (TPSA) is 85.9 Å². The van der Waals surface area contributed by atoms with Crippen LogP contribution in [0.1, 0.15) is 36.7 Å². The van der Waals surface area contributed by atoms with Gasteiger partial charge in [0, 0.05) is 16.9 Å². The summed E-state index contributed by atoms with van der Waals surface area (Å²) in [6.07, 6.45) is 0.311. The number of amides is 2. The lowest BCUT2D eigenvalue weighted by Crippen LogP contribution is -2.13. The Morgan fingerprint density at radius 3 is 2.25 bits per heavy atom. The van der Waals surface area contributed by atoms with Crippen LogP contribution in [0.25, 0.3) is 0 Å². The molecule has 0 fully saturated rings. The number of benzene rings is 2. The highest BCUT2D eigenvalue weighted by atomic mass is 16.5. The normalized spacial score (nSPS) is 12.2. The Hall–Kier alpha value is -3.22. The number of fused-ring (bicyclic) bond motifs is 1. The molecule has 0 saturated carbocycles. The van der Waals surface area contributed by atoms with Crippen LogP contribution in [-0.4, -0.2) is 31.6 Å². The molecule has 1 aliphatic rings. The molecular formula is C21H24N2O5. The fourth-order valence-corrected chi connectivity index (χ4v) is 3.03. The van der Waals surface area contributed by atoms with Crippen molar-refractivity contribution in [3.8, 4) is 17.2 Å². The summed E-state index contributed by atoms with van der Waals surface area (Å²) < 4.78 is 17.0. The Labute approximate surface area is 164 Å². The first-order chi connectivity index (χ1) is 13.5. The van der Waals surface area contributed by atoms with Gasteiger partial charge in [-0.25, -0.2) is 0 Å². The van der Waals surface area contributed by atoms with Crippen molar-refractivity contribution in [2.45, 2.75) is 27.2 Å². The first-order valence-corrected chi connectivity index (χ1v) is 9.36. The number of carbonyl (C=O) groups is 2. The van der Waals surface area contributed by atoms with Crippen LogP contribution in [0.5, 0.6) is 17.2 Å². The first kappa shape index (κ1) is 19.5. The van der Waals surface area contributed by atoms with Crippen molar-refractivity contribution >= 4 is 23.2 Å². The van der Waals surface area contributed by atoms with Crippen LogP contribution >= 0.6 is 0 Å². The van der Waals surface area contributed by atoms with Crippen LogP contribution < -0.4 is 24.8 Å². The van der Waals surface area contributed by atoms with E-state index in [0.29, 0.717) is 54.7 Å². The van der Waals surface area contributed by atoms with E-state index in [2.05, 4.69) is 10.6 Å². The van der Waals surface area contributed by atoms with E-state index in [1.165, 1.54) is 0 Å². The fourth-order valence-electron chi connectivity index (χ4n) is 3.03. The highest BCUT2D eigenvalue weighted by molar-refractivity contribution is 6.06. The fraction of sp³-hybridized carbons (Fsp3) is 0.333. The highest BCUT2D eigenvalue weighted by Gasteiger charge is 2.20. The van der Waals surface area contributed by atoms with Crippen molar-refractivity contribution in [1.29, 1.82) is 0 Å². The molecule has 0 bridgehead atoms. The average Bonchev–Trinajstić information content (AvgIpc) is 3.03. The van der Waals surface area contributed by atoms with Crippen LogP contribution in [0.15, 0.2) is 30.3 Å². The van der Waals surface area contributed by atoms with Crippen LogP contribution in [0.2, 0.25) is 0 Å². The van der Waals surface area contributed by atoms with Gasteiger partial charge in [0.05, 0.1) is 26.2 Å². The zero-order valence-electron chi connectivity index (χ0n) is 16.3. The van der Waals surface area contributed by atoms with Gasteiger partial charge in [-0.05, 0) is 56.7 Å². The van der Waals surface area contributed by atoms with Crippen molar-refractivity contribution in [2.75, 3.05) is 30.5 Å². The minimum Gasteiger partial charge on any atom is -0.490 e. The standard InChI is InChI=1S/C21H24N2O5/c1-4-26-17-10-14(11-18(27-5-2)20(17)28-6-3)21(25)22-15-7-8-16-13(9-15)12-19(24)23-16/h7-11H,4-6,12H2,1-3H3,(H,22,25)(H,23,24). The summed E-state index contributed by atoms with van der Waals surface area (Å²) in [5.41, 5.74) is 2.65. The van der Waals surface area contributed by atoms with Crippen molar-refractivity contribution in [1.82, 2.24) is 0 Å². The van der Waals surface area contributed by atoms with E-state index in [-0.39, 0.29) is 11.8 Å². The van der Waals surface area contributed by atoms with Crippen molar-refractivity contribution in [3.05, 3.63) is 41.5 Å². The maximum Gasteiger partial charge on any atom is 0.255 e. The molecule has 2 aromatic carbocycles. The van der Waals surface area contributed by atoms with Crippen LogP contribution in [0, 0.1) is 0 Å². The quantitative estimate of drug-likeness (QED) is 0.726. The molecule has 0 atom stereocenters. The van der Waals surface area contributed by atoms with Gasteiger partial charge in [-0.1, -0.05) is 0 Å². The molecule has 7 nitrogen and oxygen atoms in total. The van der Waals surface area contributed by atoms with E-state index in [4.69, 9.17) is 14.2 Å². The Kier molecular flexibility index (Phi) is 6.03. The lowest BCUT2D eigenvalue weighted by molar-refractivity contribution is -0.115. The zero-order chi connectivity index (χ0) is 20.1. The summed E-state index contributed by atoms with van der Waals surface area (Å²) >= 11 is 0. The predicted molar refractivity (Wildman–Crippen MR) is 107 cm³/mol. The molecule has 2 amide bonds. The maximum absolute atomic E-state index is 12.8. The molecule has 0 spiro atoms. The molecule has 0 radical (unpaired) electrons. The number of anilines is 2. The molecule has 2 aromatic rings. The third-order valence-electron chi connectivity index (χ3n) is 4.16. The van der Waals surface area contributed by atoms with Crippen LogP contribution in [0.4, 0.5) is 11.4 Å². The number of carbonyl (C=O) groups excluding carboxylic acids is 2. The molecule has 0 aromatic heterocycles. The molecule has 0 aliphatic carbocycles. The van der Waals surface area contributed by atoms with E-state index >= 15 is 0 Å². The number of hydrogen-bond acceptors (Lipinski definition) is 5. The smallest absolute Gasteiger partial charge is 0.255 e. The van der Waals surface area contributed by atoms with Gasteiger partial charge in [-0.3, -0.25) is 9.59 Å². The van der Waals surface area contributed by atoms with Gasteiger partial charge in [0.1, 0.15) is 0 Å². The summed E-state index contributed by atoms with van der Waals surface area (Å²) in [5, 5.41) is 5.64. The lowest BCUT2D eigenvalue weighted by Gasteiger charge is -2.17. The second-order valence-corrected chi connectivity index (χ2v) is 6.15. The molecule has 0 saturated heterocycles. The van der Waals surface area contributed by atoms with Gasteiger partial charge in [0.25, 0.3) is 5.91 Å². The third-order valence-corrected chi connectivity index (χ3v) is 4.16. The van der Waals surface area contributed by atoms with Crippen molar-refractivity contribution < 1.29 is 23.8 Å². The van der Waals surface area contributed by atoms with Gasteiger partial charge in [0.15, 0.2) is 11.5 Å². The Morgan fingerprint density at radius 2 is 1.64 bits per heavy atom. The van der Waals surface area contributed by atoms with E-state index in [1.54, 1.807) is 30.3 Å². The molecule has 148 valence electrons. The average molecular weight is 384 g/mol. The zero-order valence-corrected chi connectivity index (χ0v) is 16.3. The summed E-state index contributed by atoms with van der Waals surface area (Å²) in [4.78, 5) is 24.3. The third kappa shape index (κ3) is 4.19. The van der Waals surface area contributed by atoms with Gasteiger partial charge >= 0.3 is 0 Å². The Balaban J connectivity index is 1.88. The summed E-state index contributed by atoms with van der Waals surface area (Å²) in [7, 11) is 0. The van der Waals surface area contributed by atoms with Gasteiger partial charge in [0.2, 0.25) is 11.7 Å². The number of ether oxygens (including phenoxy) is 3. The first-order valence-electron chi connectivity index (χ1n) is 9.36. The molecular weight excluding hydrogens is 360 g/mol. The molecule has 3 rings (SSSR count). The number of rotatable bonds is 8. The molecule has 1 heterocycles. The molecule has 1 aliphatic heterocycles. The maximum atomic E-state index is 12.8. The SMILES string of the molecule is CCOc1cc(C(=O)Nc2ccc3c(c2)CC(=O)N3)cc(OCC)c1OCC. The highest BCUT2D eigenvalue weighted by Crippen LogP contribution is 2.39.